The lowest BCUT2D eigenvalue weighted by molar-refractivity contribution is 0.0952. The number of nitrogens with zero attached hydrogens (tertiary/aromatic N) is 2. The molecule has 0 aliphatic carbocycles. The highest BCUT2D eigenvalue weighted by molar-refractivity contribution is 6.05. The quantitative estimate of drug-likeness (QED) is 0.450. The number of methoxy groups -OCH3 is 1. The molecule has 4 aromatic rings. The number of carbonyl (C=O) groups is 2. The van der Waals surface area contributed by atoms with E-state index in [1.165, 1.54) is 18.2 Å². The average Bonchev–Trinajstić information content (AvgIpc) is 3.13. The number of aromatic nitrogens is 2. The van der Waals surface area contributed by atoms with Crippen molar-refractivity contribution in [2.45, 2.75) is 6.42 Å². The van der Waals surface area contributed by atoms with E-state index < -0.39 is 5.82 Å². The van der Waals surface area contributed by atoms with Gasteiger partial charge in [-0.2, -0.15) is 0 Å². The molecule has 1 heterocycles. The van der Waals surface area contributed by atoms with Crippen molar-refractivity contribution in [3.8, 4) is 5.75 Å². The summed E-state index contributed by atoms with van der Waals surface area (Å²) in [5.41, 5.74) is 3.07. The molecule has 0 radical (unpaired) electrons. The third-order valence-corrected chi connectivity index (χ3v) is 5.30. The van der Waals surface area contributed by atoms with Crippen LogP contribution in [0, 0.1) is 5.82 Å². The zero-order valence-electron chi connectivity index (χ0n) is 18.3. The number of amides is 2. The van der Waals surface area contributed by atoms with Crippen molar-refractivity contribution in [1.82, 2.24) is 14.9 Å². The van der Waals surface area contributed by atoms with Gasteiger partial charge in [-0.1, -0.05) is 6.07 Å². The Balaban J connectivity index is 1.41. The van der Waals surface area contributed by atoms with Crippen LogP contribution in [0.4, 0.5) is 10.1 Å². The van der Waals surface area contributed by atoms with Crippen molar-refractivity contribution in [3.63, 3.8) is 0 Å². The number of halogens is 1. The first-order valence-electron chi connectivity index (χ1n) is 10.4. The highest BCUT2D eigenvalue weighted by atomic mass is 19.1. The second kappa shape index (κ2) is 9.52. The van der Waals surface area contributed by atoms with Crippen molar-refractivity contribution in [2.24, 2.45) is 7.05 Å². The molecule has 0 aliphatic heterocycles. The fraction of sp³-hybridized carbons (Fsp3) is 0.160. The van der Waals surface area contributed by atoms with Gasteiger partial charge in [-0.15, -0.1) is 0 Å². The Morgan fingerprint density at radius 1 is 1.00 bits per heavy atom. The fourth-order valence-corrected chi connectivity index (χ4v) is 3.52. The minimum Gasteiger partial charge on any atom is -0.497 e. The van der Waals surface area contributed by atoms with Gasteiger partial charge in [0.25, 0.3) is 11.8 Å². The predicted octanol–water partition coefficient (Wildman–Crippen LogP) is 3.95. The lowest BCUT2D eigenvalue weighted by Gasteiger charge is -2.07. The van der Waals surface area contributed by atoms with Crippen LogP contribution in [0.1, 0.15) is 26.5 Å². The monoisotopic (exact) mass is 446 g/mol. The minimum absolute atomic E-state index is 0.229. The summed E-state index contributed by atoms with van der Waals surface area (Å²) in [5, 5.41) is 5.67. The zero-order chi connectivity index (χ0) is 23.4. The molecule has 4 rings (SSSR count). The largest absolute Gasteiger partial charge is 0.497 e. The third-order valence-electron chi connectivity index (χ3n) is 5.30. The summed E-state index contributed by atoms with van der Waals surface area (Å²) in [4.78, 5) is 29.4. The van der Waals surface area contributed by atoms with Crippen molar-refractivity contribution in [2.75, 3.05) is 19.0 Å². The lowest BCUT2D eigenvalue weighted by atomic mass is 10.2. The fourth-order valence-electron chi connectivity index (χ4n) is 3.52. The molecule has 33 heavy (non-hydrogen) atoms. The smallest absolute Gasteiger partial charge is 0.255 e. The van der Waals surface area contributed by atoms with Crippen LogP contribution in [0.3, 0.4) is 0 Å². The van der Waals surface area contributed by atoms with Gasteiger partial charge in [0.05, 0.1) is 18.1 Å². The van der Waals surface area contributed by atoms with Gasteiger partial charge < -0.3 is 19.9 Å². The van der Waals surface area contributed by atoms with Crippen molar-refractivity contribution >= 4 is 28.5 Å². The first-order valence-corrected chi connectivity index (χ1v) is 10.4. The number of rotatable bonds is 7. The molecule has 8 heteroatoms. The molecule has 0 saturated carbocycles. The third kappa shape index (κ3) is 5.01. The van der Waals surface area contributed by atoms with Crippen LogP contribution in [-0.2, 0) is 13.5 Å². The lowest BCUT2D eigenvalue weighted by Crippen LogP contribution is -2.26. The van der Waals surface area contributed by atoms with E-state index in [4.69, 9.17) is 4.74 Å². The summed E-state index contributed by atoms with van der Waals surface area (Å²) >= 11 is 0. The highest BCUT2D eigenvalue weighted by Crippen LogP contribution is 2.21. The molecule has 7 nitrogen and oxygen atoms in total. The first-order chi connectivity index (χ1) is 15.9. The van der Waals surface area contributed by atoms with Crippen molar-refractivity contribution in [3.05, 3.63) is 89.5 Å². The predicted molar refractivity (Wildman–Crippen MR) is 124 cm³/mol. The minimum atomic E-state index is -0.451. The Morgan fingerprint density at radius 2 is 1.79 bits per heavy atom. The molecular weight excluding hydrogens is 423 g/mol. The van der Waals surface area contributed by atoms with Crippen LogP contribution >= 0.6 is 0 Å². The number of anilines is 1. The van der Waals surface area contributed by atoms with E-state index in [1.807, 2.05) is 29.8 Å². The second-order valence-corrected chi connectivity index (χ2v) is 7.49. The SMILES string of the molecule is COc1ccc(C(=O)Nc2ccc3c(c2)nc(CCNC(=O)c2cccc(F)c2)n3C)cc1. The molecule has 0 spiro atoms. The molecule has 0 aliphatic rings. The van der Waals surface area contributed by atoms with Gasteiger partial charge in [0.1, 0.15) is 17.4 Å². The van der Waals surface area contributed by atoms with Gasteiger partial charge in [-0.3, -0.25) is 9.59 Å². The zero-order valence-corrected chi connectivity index (χ0v) is 18.3. The van der Waals surface area contributed by atoms with Crippen LogP contribution in [0.5, 0.6) is 5.75 Å². The normalized spacial score (nSPS) is 10.8. The molecule has 0 fully saturated rings. The first kappa shape index (κ1) is 22.0. The molecule has 0 bridgehead atoms. The number of ether oxygens (including phenoxy) is 1. The van der Waals surface area contributed by atoms with E-state index in [2.05, 4.69) is 15.6 Å². The number of hydrogen-bond acceptors (Lipinski definition) is 4. The number of imidazole rings is 1. The maximum Gasteiger partial charge on any atom is 0.255 e. The second-order valence-electron chi connectivity index (χ2n) is 7.49. The summed E-state index contributed by atoms with van der Waals surface area (Å²) in [6.45, 7) is 0.355. The Hall–Kier alpha value is -4.20. The molecular formula is C25H23FN4O3. The van der Waals surface area contributed by atoms with Crippen LogP contribution in [0.2, 0.25) is 0 Å². The molecule has 3 aromatic carbocycles. The van der Waals surface area contributed by atoms with Crippen LogP contribution < -0.4 is 15.4 Å². The molecule has 0 unspecified atom stereocenters. The van der Waals surface area contributed by atoms with Gasteiger partial charge in [0.15, 0.2) is 0 Å². The number of hydrogen-bond donors (Lipinski definition) is 2. The average molecular weight is 446 g/mol. The van der Waals surface area contributed by atoms with E-state index in [-0.39, 0.29) is 17.4 Å². The Labute approximate surface area is 190 Å². The van der Waals surface area contributed by atoms with Gasteiger partial charge >= 0.3 is 0 Å². The van der Waals surface area contributed by atoms with Crippen molar-refractivity contribution in [1.29, 1.82) is 0 Å². The Bertz CT molecular complexity index is 1320. The molecule has 2 N–H and O–H groups in total. The van der Waals surface area contributed by atoms with Gasteiger partial charge in [-0.05, 0) is 60.7 Å². The maximum atomic E-state index is 13.3. The maximum absolute atomic E-state index is 13.3. The Kier molecular flexibility index (Phi) is 6.35. The summed E-state index contributed by atoms with van der Waals surface area (Å²) in [5.74, 6) is 0.446. The van der Waals surface area contributed by atoms with E-state index >= 15 is 0 Å². The highest BCUT2D eigenvalue weighted by Gasteiger charge is 2.12. The van der Waals surface area contributed by atoms with Crippen LogP contribution in [0.15, 0.2) is 66.7 Å². The number of carbonyl (C=O) groups excluding carboxylic acids is 2. The molecule has 1 aromatic heterocycles. The van der Waals surface area contributed by atoms with Crippen molar-refractivity contribution < 1.29 is 18.7 Å². The van der Waals surface area contributed by atoms with Crippen LogP contribution in [-0.4, -0.2) is 35.0 Å². The van der Waals surface area contributed by atoms with Gasteiger partial charge in [0, 0.05) is 36.8 Å². The summed E-state index contributed by atoms with van der Waals surface area (Å²) < 4.78 is 20.4. The molecule has 168 valence electrons. The molecule has 0 atom stereocenters. The van der Waals surface area contributed by atoms with E-state index in [0.717, 1.165) is 16.9 Å². The van der Waals surface area contributed by atoms with Gasteiger partial charge in [0.2, 0.25) is 0 Å². The van der Waals surface area contributed by atoms with E-state index in [9.17, 15) is 14.0 Å². The number of benzene rings is 3. The van der Waals surface area contributed by atoms with E-state index in [1.54, 1.807) is 37.4 Å². The standard InChI is InChI=1S/C25H23FN4O3/c1-30-22-11-8-19(28-25(32)16-6-9-20(33-2)10-7-16)15-21(22)29-23(30)12-13-27-24(31)17-4-3-5-18(26)14-17/h3-11,14-15H,12-13H2,1-2H3,(H,27,31)(H,28,32). The van der Waals surface area contributed by atoms with E-state index in [0.29, 0.717) is 30.0 Å². The summed E-state index contributed by atoms with van der Waals surface area (Å²) in [6, 6.07) is 17.9. The Morgan fingerprint density at radius 3 is 2.52 bits per heavy atom. The van der Waals surface area contributed by atoms with Gasteiger partial charge in [-0.25, -0.2) is 9.37 Å². The van der Waals surface area contributed by atoms with Crippen LogP contribution in [0.25, 0.3) is 11.0 Å². The molecule has 0 saturated heterocycles. The molecule has 2 amide bonds. The number of nitrogens with one attached hydrogen (secondary N) is 2. The summed E-state index contributed by atoms with van der Waals surface area (Å²) in [6.07, 6.45) is 0.500. The number of fused-ring (bicyclic) bond motifs is 1. The summed E-state index contributed by atoms with van der Waals surface area (Å²) in [7, 11) is 3.47. The number of aryl methyl sites for hydroxylation is 1. The topological polar surface area (TPSA) is 85.2 Å².